The maximum absolute atomic E-state index is 12.4. The van der Waals surface area contributed by atoms with Gasteiger partial charge < -0.3 is 5.32 Å². The van der Waals surface area contributed by atoms with Crippen molar-refractivity contribution in [1.82, 2.24) is 10.2 Å². The van der Waals surface area contributed by atoms with Crippen LogP contribution < -0.4 is 10.6 Å². The Hall–Kier alpha value is -2.66. The molecule has 3 rings (SSSR count). The number of aryl methyl sites for hydroxylation is 2. The van der Waals surface area contributed by atoms with E-state index in [2.05, 4.69) is 46.7 Å². The molecule has 1 fully saturated rings. The fourth-order valence-electron chi connectivity index (χ4n) is 3.66. The molecule has 142 valence electrons. The van der Waals surface area contributed by atoms with E-state index in [4.69, 9.17) is 0 Å². The van der Waals surface area contributed by atoms with Gasteiger partial charge >= 0.3 is 6.03 Å². The molecule has 1 unspecified atom stereocenters. The minimum absolute atomic E-state index is 0.221. The zero-order valence-corrected chi connectivity index (χ0v) is 16.2. The number of imide groups is 1. The number of nitrogens with zero attached hydrogens (tertiary/aromatic N) is 1. The summed E-state index contributed by atoms with van der Waals surface area (Å²) in [6, 6.07) is 13.9. The Balaban J connectivity index is 1.58. The van der Waals surface area contributed by atoms with Crippen LogP contribution in [0.2, 0.25) is 0 Å². The zero-order valence-electron chi connectivity index (χ0n) is 16.2. The zero-order chi connectivity index (χ0) is 19.4. The molecule has 5 heteroatoms. The summed E-state index contributed by atoms with van der Waals surface area (Å²) in [6.07, 6.45) is 2.09. The third-order valence-corrected chi connectivity index (χ3v) is 5.24. The van der Waals surface area contributed by atoms with Gasteiger partial charge in [-0.15, -0.1) is 0 Å². The fourth-order valence-corrected chi connectivity index (χ4v) is 3.66. The molecular formula is C22H27N3O2. The van der Waals surface area contributed by atoms with Crippen molar-refractivity contribution < 1.29 is 9.59 Å². The van der Waals surface area contributed by atoms with Crippen LogP contribution in [0.15, 0.2) is 42.5 Å². The molecule has 0 aliphatic carbocycles. The number of benzene rings is 2. The van der Waals surface area contributed by atoms with E-state index in [9.17, 15) is 9.59 Å². The summed E-state index contributed by atoms with van der Waals surface area (Å²) in [7, 11) is 0. The van der Waals surface area contributed by atoms with Crippen molar-refractivity contribution in [2.45, 2.75) is 39.7 Å². The molecule has 1 aliphatic heterocycles. The van der Waals surface area contributed by atoms with Gasteiger partial charge in [-0.1, -0.05) is 42.0 Å². The quantitative estimate of drug-likeness (QED) is 0.858. The van der Waals surface area contributed by atoms with Gasteiger partial charge in [0.05, 0.1) is 6.54 Å². The lowest BCUT2D eigenvalue weighted by Crippen LogP contribution is -2.41. The molecule has 0 spiro atoms. The first-order valence-electron chi connectivity index (χ1n) is 9.41. The van der Waals surface area contributed by atoms with Crippen molar-refractivity contribution in [3.05, 3.63) is 64.7 Å². The lowest BCUT2D eigenvalue weighted by atomic mass is 10.0. The lowest BCUT2D eigenvalue weighted by Gasteiger charge is -2.24. The molecule has 2 aromatic carbocycles. The first kappa shape index (κ1) is 19.1. The van der Waals surface area contributed by atoms with Gasteiger partial charge in [-0.25, -0.2) is 4.79 Å². The number of likely N-dealkylation sites (tertiary alicyclic amines) is 1. The summed E-state index contributed by atoms with van der Waals surface area (Å²) < 4.78 is 0. The Kier molecular flexibility index (Phi) is 5.91. The van der Waals surface area contributed by atoms with E-state index in [-0.39, 0.29) is 18.5 Å². The van der Waals surface area contributed by atoms with Gasteiger partial charge in [-0.3, -0.25) is 15.0 Å². The van der Waals surface area contributed by atoms with Gasteiger partial charge in [0, 0.05) is 11.7 Å². The van der Waals surface area contributed by atoms with E-state index in [0.717, 1.165) is 36.2 Å². The van der Waals surface area contributed by atoms with Gasteiger partial charge in [-0.2, -0.15) is 0 Å². The van der Waals surface area contributed by atoms with Gasteiger partial charge in [0.1, 0.15) is 0 Å². The first-order chi connectivity index (χ1) is 12.9. The van der Waals surface area contributed by atoms with Crippen LogP contribution in [0.1, 0.15) is 41.1 Å². The first-order valence-corrected chi connectivity index (χ1v) is 9.41. The van der Waals surface area contributed by atoms with Gasteiger partial charge in [0.25, 0.3) is 0 Å². The van der Waals surface area contributed by atoms with Crippen LogP contribution in [0, 0.1) is 20.8 Å². The Morgan fingerprint density at radius 3 is 2.67 bits per heavy atom. The standard InChI is InChI=1S/C22H27N3O2/c1-15-7-4-9-18(13-15)20-11-6-12-25(20)14-21(26)24-22(27)23-19-10-5-8-16(2)17(19)3/h4-5,7-10,13,20H,6,11-12,14H2,1-3H3,(H2,23,24,26,27). The van der Waals surface area contributed by atoms with Gasteiger partial charge in [-0.05, 0) is 62.9 Å². The molecule has 2 N–H and O–H groups in total. The van der Waals surface area contributed by atoms with E-state index in [1.807, 2.05) is 32.0 Å². The number of carbonyl (C=O) groups is 2. The van der Waals surface area contributed by atoms with Crippen LogP contribution in [0.3, 0.4) is 0 Å². The monoisotopic (exact) mass is 365 g/mol. The second kappa shape index (κ2) is 8.35. The van der Waals surface area contributed by atoms with Gasteiger partial charge in [0.15, 0.2) is 0 Å². The molecule has 1 atom stereocenters. The highest BCUT2D eigenvalue weighted by molar-refractivity contribution is 6.02. The van der Waals surface area contributed by atoms with Crippen molar-refractivity contribution in [3.8, 4) is 0 Å². The van der Waals surface area contributed by atoms with E-state index >= 15 is 0 Å². The summed E-state index contributed by atoms with van der Waals surface area (Å²) in [5, 5.41) is 5.22. The number of anilines is 1. The Morgan fingerprint density at radius 1 is 1.11 bits per heavy atom. The number of carbonyl (C=O) groups excluding carboxylic acids is 2. The van der Waals surface area contributed by atoms with Crippen LogP contribution in [0.25, 0.3) is 0 Å². The normalized spacial score (nSPS) is 16.9. The molecule has 2 aromatic rings. The molecule has 1 aliphatic rings. The van der Waals surface area contributed by atoms with Crippen molar-refractivity contribution in [2.75, 3.05) is 18.4 Å². The lowest BCUT2D eigenvalue weighted by molar-refractivity contribution is -0.121. The van der Waals surface area contributed by atoms with Crippen LogP contribution in [0.4, 0.5) is 10.5 Å². The largest absolute Gasteiger partial charge is 0.325 e. The average molecular weight is 365 g/mol. The highest BCUT2D eigenvalue weighted by Gasteiger charge is 2.28. The van der Waals surface area contributed by atoms with E-state index in [1.165, 1.54) is 11.1 Å². The van der Waals surface area contributed by atoms with Crippen LogP contribution in [0.5, 0.6) is 0 Å². The average Bonchev–Trinajstić information content (AvgIpc) is 3.07. The minimum Gasteiger partial charge on any atom is -0.307 e. The molecule has 0 aromatic heterocycles. The van der Waals surface area contributed by atoms with Crippen LogP contribution >= 0.6 is 0 Å². The number of hydrogen-bond donors (Lipinski definition) is 2. The molecule has 0 bridgehead atoms. The Morgan fingerprint density at radius 2 is 1.89 bits per heavy atom. The second-order valence-electron chi connectivity index (χ2n) is 7.29. The smallest absolute Gasteiger partial charge is 0.307 e. The van der Waals surface area contributed by atoms with Crippen LogP contribution in [-0.2, 0) is 4.79 Å². The van der Waals surface area contributed by atoms with Crippen molar-refractivity contribution in [1.29, 1.82) is 0 Å². The summed E-state index contributed by atoms with van der Waals surface area (Å²) in [6.45, 7) is 7.10. The number of urea groups is 1. The molecule has 5 nitrogen and oxygen atoms in total. The number of rotatable bonds is 4. The third kappa shape index (κ3) is 4.74. The molecular weight excluding hydrogens is 338 g/mol. The maximum Gasteiger partial charge on any atom is 0.325 e. The molecule has 1 saturated heterocycles. The summed E-state index contributed by atoms with van der Waals surface area (Å²) in [5.41, 5.74) is 5.27. The predicted molar refractivity (Wildman–Crippen MR) is 108 cm³/mol. The Labute approximate surface area is 160 Å². The van der Waals surface area contributed by atoms with E-state index in [0.29, 0.717) is 0 Å². The topological polar surface area (TPSA) is 61.4 Å². The summed E-state index contributed by atoms with van der Waals surface area (Å²) in [4.78, 5) is 26.7. The molecule has 0 radical (unpaired) electrons. The highest BCUT2D eigenvalue weighted by Crippen LogP contribution is 2.31. The SMILES string of the molecule is Cc1cccc(C2CCCN2CC(=O)NC(=O)Nc2cccc(C)c2C)c1. The fraction of sp³-hybridized carbons (Fsp3) is 0.364. The Bertz CT molecular complexity index is 847. The summed E-state index contributed by atoms with van der Waals surface area (Å²) >= 11 is 0. The third-order valence-electron chi connectivity index (χ3n) is 5.24. The molecule has 1 heterocycles. The highest BCUT2D eigenvalue weighted by atomic mass is 16.2. The number of nitrogens with one attached hydrogen (secondary N) is 2. The maximum atomic E-state index is 12.4. The van der Waals surface area contributed by atoms with E-state index in [1.54, 1.807) is 0 Å². The van der Waals surface area contributed by atoms with E-state index < -0.39 is 6.03 Å². The van der Waals surface area contributed by atoms with Gasteiger partial charge in [0.2, 0.25) is 5.91 Å². The van der Waals surface area contributed by atoms with Crippen molar-refractivity contribution in [2.24, 2.45) is 0 Å². The predicted octanol–water partition coefficient (Wildman–Crippen LogP) is 4.10. The van der Waals surface area contributed by atoms with Crippen LogP contribution in [-0.4, -0.2) is 29.9 Å². The molecule has 0 saturated carbocycles. The number of hydrogen-bond acceptors (Lipinski definition) is 3. The second-order valence-corrected chi connectivity index (χ2v) is 7.29. The minimum atomic E-state index is -0.486. The summed E-state index contributed by atoms with van der Waals surface area (Å²) in [5.74, 6) is -0.280. The number of amides is 3. The molecule has 3 amide bonds. The molecule has 27 heavy (non-hydrogen) atoms. The van der Waals surface area contributed by atoms with Crippen molar-refractivity contribution in [3.63, 3.8) is 0 Å². The van der Waals surface area contributed by atoms with Crippen molar-refractivity contribution >= 4 is 17.6 Å².